The highest BCUT2D eigenvalue weighted by Gasteiger charge is 2.74. The van der Waals surface area contributed by atoms with Crippen molar-refractivity contribution in [1.29, 1.82) is 0 Å². The van der Waals surface area contributed by atoms with Crippen LogP contribution >= 0.6 is 0 Å². The van der Waals surface area contributed by atoms with Crippen LogP contribution in [0.25, 0.3) is 10.9 Å². The Morgan fingerprint density at radius 1 is 1.17 bits per heavy atom. The predicted octanol–water partition coefficient (Wildman–Crippen LogP) is 3.19. The lowest BCUT2D eigenvalue weighted by Gasteiger charge is -2.46. The van der Waals surface area contributed by atoms with E-state index in [9.17, 15) is 19.5 Å². The molecule has 4 heterocycles. The molecule has 1 N–H and O–H groups in total. The molecule has 2 aromatic carbocycles. The Balaban J connectivity index is 1.74. The zero-order valence-electron chi connectivity index (χ0n) is 20.7. The van der Waals surface area contributed by atoms with Gasteiger partial charge >= 0.3 is 0 Å². The number of carbonyl (C=O) groups excluding carboxylic acids is 2. The summed E-state index contributed by atoms with van der Waals surface area (Å²) in [5, 5.41) is 12.9. The van der Waals surface area contributed by atoms with E-state index >= 15 is 0 Å². The molecule has 8 nitrogen and oxygen atoms in total. The molecule has 0 saturated carbocycles. The standard InChI is InChI=1S/C28H28N4O4/c1-6-26(4,5)27-15-28(36)24-29-20-13-9-7-11-18(20)23(35)30(24)16(2)22(34)32(28)25(27)31(17(3)33)21-14-10-8-12-19(21)27/h6-14,16,25,36H,1,15H2,2-5H3/t16-,25?,27-,28?/m1/s1. The van der Waals surface area contributed by atoms with Gasteiger partial charge in [0.15, 0.2) is 5.82 Å². The van der Waals surface area contributed by atoms with E-state index in [-0.39, 0.29) is 23.7 Å². The third-order valence-corrected chi connectivity index (χ3v) is 8.65. The van der Waals surface area contributed by atoms with E-state index in [4.69, 9.17) is 4.98 Å². The maximum atomic E-state index is 14.1. The topological polar surface area (TPSA) is 95.7 Å². The van der Waals surface area contributed by atoms with Gasteiger partial charge in [0.25, 0.3) is 5.56 Å². The summed E-state index contributed by atoms with van der Waals surface area (Å²) in [6, 6.07) is 13.6. The molecule has 2 amide bonds. The summed E-state index contributed by atoms with van der Waals surface area (Å²) in [4.78, 5) is 48.6. The molecule has 1 saturated heterocycles. The number of benzene rings is 2. The maximum Gasteiger partial charge on any atom is 0.262 e. The van der Waals surface area contributed by atoms with Crippen molar-refractivity contribution in [2.24, 2.45) is 5.41 Å². The normalized spacial score (nSPS) is 28.5. The number of hydrogen-bond donors (Lipinski definition) is 1. The second kappa shape index (κ2) is 6.91. The fourth-order valence-corrected chi connectivity index (χ4v) is 6.77. The molecule has 4 atom stereocenters. The van der Waals surface area contributed by atoms with Crippen molar-refractivity contribution in [2.45, 2.75) is 57.5 Å². The molecule has 6 rings (SSSR count). The van der Waals surface area contributed by atoms with Crippen molar-refractivity contribution in [2.75, 3.05) is 4.90 Å². The van der Waals surface area contributed by atoms with Crippen LogP contribution in [0.3, 0.4) is 0 Å². The van der Waals surface area contributed by atoms with Gasteiger partial charge in [0, 0.05) is 19.0 Å². The van der Waals surface area contributed by atoms with Crippen LogP contribution in [0.5, 0.6) is 0 Å². The molecule has 2 unspecified atom stereocenters. The second-order valence-electron chi connectivity index (χ2n) is 10.7. The van der Waals surface area contributed by atoms with E-state index in [1.807, 2.05) is 44.2 Å². The van der Waals surface area contributed by atoms with Crippen LogP contribution in [-0.2, 0) is 20.7 Å². The number of aliphatic hydroxyl groups is 1. The molecule has 0 bridgehead atoms. The molecule has 3 aliphatic heterocycles. The van der Waals surface area contributed by atoms with Crippen LogP contribution in [0, 0.1) is 5.41 Å². The van der Waals surface area contributed by atoms with Gasteiger partial charge in [0.2, 0.25) is 17.5 Å². The molecule has 36 heavy (non-hydrogen) atoms. The Morgan fingerprint density at radius 3 is 2.53 bits per heavy atom. The minimum absolute atomic E-state index is 0.0493. The lowest BCUT2D eigenvalue weighted by molar-refractivity contribution is -0.172. The van der Waals surface area contributed by atoms with Gasteiger partial charge in [-0.05, 0) is 36.1 Å². The minimum atomic E-state index is -1.92. The summed E-state index contributed by atoms with van der Waals surface area (Å²) in [6.45, 7) is 11.2. The lowest BCUT2D eigenvalue weighted by atomic mass is 9.60. The summed E-state index contributed by atoms with van der Waals surface area (Å²) in [5.74, 6) is -0.559. The van der Waals surface area contributed by atoms with E-state index in [2.05, 4.69) is 6.58 Å². The van der Waals surface area contributed by atoms with E-state index in [1.54, 1.807) is 36.1 Å². The summed E-state index contributed by atoms with van der Waals surface area (Å²) in [7, 11) is 0. The number of nitrogens with zero attached hydrogens (tertiary/aromatic N) is 4. The number of anilines is 1. The average molecular weight is 485 g/mol. The average Bonchev–Trinajstić information content (AvgIpc) is 3.30. The van der Waals surface area contributed by atoms with Crippen LogP contribution in [0.4, 0.5) is 5.69 Å². The molecule has 0 radical (unpaired) electrons. The van der Waals surface area contributed by atoms with Crippen LogP contribution in [0.2, 0.25) is 0 Å². The van der Waals surface area contributed by atoms with Crippen LogP contribution in [0.1, 0.15) is 51.5 Å². The van der Waals surface area contributed by atoms with E-state index < -0.39 is 34.7 Å². The van der Waals surface area contributed by atoms with Gasteiger partial charge in [0.1, 0.15) is 12.2 Å². The van der Waals surface area contributed by atoms with Gasteiger partial charge in [0.05, 0.1) is 16.3 Å². The fraction of sp³-hybridized carbons (Fsp3) is 0.357. The first-order chi connectivity index (χ1) is 17.0. The molecule has 1 fully saturated rings. The molecule has 1 aromatic heterocycles. The third-order valence-electron chi connectivity index (χ3n) is 8.65. The smallest absolute Gasteiger partial charge is 0.262 e. The molecule has 3 aliphatic rings. The van der Waals surface area contributed by atoms with Crippen molar-refractivity contribution < 1.29 is 14.7 Å². The van der Waals surface area contributed by atoms with E-state index in [0.29, 0.717) is 16.6 Å². The zero-order chi connectivity index (χ0) is 25.8. The largest absolute Gasteiger partial charge is 0.364 e. The van der Waals surface area contributed by atoms with Crippen molar-refractivity contribution in [1.82, 2.24) is 14.5 Å². The van der Waals surface area contributed by atoms with Crippen molar-refractivity contribution in [3.8, 4) is 0 Å². The van der Waals surface area contributed by atoms with Crippen LogP contribution < -0.4 is 10.5 Å². The number of amides is 2. The Hall–Kier alpha value is -3.78. The highest BCUT2D eigenvalue weighted by atomic mass is 16.3. The number of rotatable bonds is 2. The van der Waals surface area contributed by atoms with E-state index in [1.165, 1.54) is 16.4 Å². The molecule has 184 valence electrons. The quantitative estimate of drug-likeness (QED) is 0.564. The van der Waals surface area contributed by atoms with Crippen LogP contribution in [0.15, 0.2) is 66.0 Å². The van der Waals surface area contributed by atoms with Gasteiger partial charge in [-0.3, -0.25) is 28.8 Å². The first-order valence-corrected chi connectivity index (χ1v) is 12.1. The van der Waals surface area contributed by atoms with Gasteiger partial charge in [-0.25, -0.2) is 4.98 Å². The Labute approximate surface area is 208 Å². The second-order valence-corrected chi connectivity index (χ2v) is 10.7. The molecule has 8 heteroatoms. The summed E-state index contributed by atoms with van der Waals surface area (Å²) < 4.78 is 1.32. The van der Waals surface area contributed by atoms with Crippen molar-refractivity contribution >= 4 is 28.4 Å². The molecule has 3 aromatic rings. The number of hydrogen-bond acceptors (Lipinski definition) is 5. The highest BCUT2D eigenvalue weighted by molar-refractivity contribution is 5.98. The first-order valence-electron chi connectivity index (χ1n) is 12.1. The molecular formula is C28H28N4O4. The third kappa shape index (κ3) is 2.38. The van der Waals surface area contributed by atoms with E-state index in [0.717, 1.165) is 5.56 Å². The molecule has 0 aliphatic carbocycles. The zero-order valence-corrected chi connectivity index (χ0v) is 20.7. The predicted molar refractivity (Wildman–Crippen MR) is 135 cm³/mol. The van der Waals surface area contributed by atoms with Gasteiger partial charge < -0.3 is 5.11 Å². The van der Waals surface area contributed by atoms with Gasteiger partial charge in [-0.2, -0.15) is 0 Å². The SMILES string of the molecule is C=CC(C)(C)[C@@]12CC3(O)c4nc5ccccc5c(=O)n4[C@H](C)C(=O)N3C1N(C(C)=O)c1ccccc12. The molecule has 0 spiro atoms. The Kier molecular flexibility index (Phi) is 4.35. The summed E-state index contributed by atoms with van der Waals surface area (Å²) >= 11 is 0. The van der Waals surface area contributed by atoms with Gasteiger partial charge in [-0.1, -0.05) is 50.3 Å². The number of allylic oxidation sites excluding steroid dienone is 1. The first kappa shape index (κ1) is 22.7. The van der Waals surface area contributed by atoms with Crippen molar-refractivity contribution in [3.05, 3.63) is 82.9 Å². The van der Waals surface area contributed by atoms with Gasteiger partial charge in [-0.15, -0.1) is 6.58 Å². The van der Waals surface area contributed by atoms with Crippen molar-refractivity contribution in [3.63, 3.8) is 0 Å². The van der Waals surface area contributed by atoms with Crippen LogP contribution in [-0.4, -0.2) is 37.5 Å². The number of fused-ring (bicyclic) bond motifs is 8. The highest BCUT2D eigenvalue weighted by Crippen LogP contribution is 2.66. The number of para-hydroxylation sites is 2. The lowest BCUT2D eigenvalue weighted by Crippen LogP contribution is -2.63. The molecular weight excluding hydrogens is 456 g/mol. The number of aromatic nitrogens is 2. The summed E-state index contributed by atoms with van der Waals surface area (Å²) in [6.07, 6.45) is 1.04. The Bertz CT molecular complexity index is 1560. The Morgan fingerprint density at radius 2 is 1.83 bits per heavy atom. The monoisotopic (exact) mass is 484 g/mol. The number of carbonyl (C=O) groups is 2. The fourth-order valence-electron chi connectivity index (χ4n) is 6.77. The minimum Gasteiger partial charge on any atom is -0.364 e. The maximum absolute atomic E-state index is 14.1. The summed E-state index contributed by atoms with van der Waals surface area (Å²) in [5.41, 5.74) is -1.84.